The molecule has 18 heavy (non-hydrogen) atoms. The zero-order valence-electron chi connectivity index (χ0n) is 10.2. The van der Waals surface area contributed by atoms with E-state index in [0.717, 1.165) is 16.7 Å². The third kappa shape index (κ3) is 3.23. The minimum Gasteiger partial charge on any atom is -0.299 e. The average Bonchev–Trinajstić information content (AvgIpc) is 2.34. The van der Waals surface area contributed by atoms with Crippen LogP contribution in [0, 0.1) is 12.7 Å². The van der Waals surface area contributed by atoms with Gasteiger partial charge in [0.15, 0.2) is 0 Å². The standard InChI is InChI=1S/C15H14FNO/c1-11-8-14(16)3-2-13(11)10-15(18)9-12-4-6-17-7-5-12/h2-8H,9-10H2,1H3. The monoisotopic (exact) mass is 243 g/mol. The highest BCUT2D eigenvalue weighted by Crippen LogP contribution is 2.12. The van der Waals surface area contributed by atoms with Crippen molar-refractivity contribution < 1.29 is 9.18 Å². The van der Waals surface area contributed by atoms with Crippen molar-refractivity contribution in [2.75, 3.05) is 0 Å². The smallest absolute Gasteiger partial charge is 0.141 e. The van der Waals surface area contributed by atoms with Gasteiger partial charge in [-0.05, 0) is 47.9 Å². The summed E-state index contributed by atoms with van der Waals surface area (Å²) in [5.41, 5.74) is 2.66. The van der Waals surface area contributed by atoms with E-state index in [9.17, 15) is 9.18 Å². The molecular weight excluding hydrogens is 229 g/mol. The molecule has 0 radical (unpaired) electrons. The summed E-state index contributed by atoms with van der Waals surface area (Å²) < 4.78 is 12.9. The number of benzene rings is 1. The van der Waals surface area contributed by atoms with E-state index < -0.39 is 0 Å². The molecule has 0 atom stereocenters. The second-order valence-electron chi connectivity index (χ2n) is 4.32. The topological polar surface area (TPSA) is 30.0 Å². The Morgan fingerprint density at radius 2 is 1.89 bits per heavy atom. The van der Waals surface area contributed by atoms with Gasteiger partial charge in [-0.25, -0.2) is 4.39 Å². The molecule has 0 aliphatic rings. The second-order valence-corrected chi connectivity index (χ2v) is 4.32. The molecule has 1 aromatic carbocycles. The summed E-state index contributed by atoms with van der Waals surface area (Å²) in [6, 6.07) is 8.18. The highest BCUT2D eigenvalue weighted by atomic mass is 19.1. The van der Waals surface area contributed by atoms with E-state index in [1.54, 1.807) is 18.5 Å². The first kappa shape index (κ1) is 12.4. The molecule has 2 aromatic rings. The van der Waals surface area contributed by atoms with Crippen molar-refractivity contribution in [2.24, 2.45) is 0 Å². The third-order valence-electron chi connectivity index (χ3n) is 2.84. The van der Waals surface area contributed by atoms with Gasteiger partial charge in [-0.15, -0.1) is 0 Å². The summed E-state index contributed by atoms with van der Waals surface area (Å²) in [7, 11) is 0. The van der Waals surface area contributed by atoms with Crippen molar-refractivity contribution in [1.82, 2.24) is 4.98 Å². The number of pyridine rings is 1. The fourth-order valence-electron chi connectivity index (χ4n) is 1.86. The molecule has 3 heteroatoms. The zero-order chi connectivity index (χ0) is 13.0. The number of hydrogen-bond acceptors (Lipinski definition) is 2. The normalized spacial score (nSPS) is 10.3. The molecule has 2 nitrogen and oxygen atoms in total. The predicted octanol–water partition coefficient (Wildman–Crippen LogP) is 2.88. The Balaban J connectivity index is 2.03. The highest BCUT2D eigenvalue weighted by Gasteiger charge is 2.07. The average molecular weight is 243 g/mol. The van der Waals surface area contributed by atoms with Gasteiger partial charge >= 0.3 is 0 Å². The van der Waals surface area contributed by atoms with Crippen LogP contribution >= 0.6 is 0 Å². The Bertz CT molecular complexity index is 552. The fraction of sp³-hybridized carbons (Fsp3) is 0.200. The highest BCUT2D eigenvalue weighted by molar-refractivity contribution is 5.83. The van der Waals surface area contributed by atoms with Gasteiger partial charge in [-0.2, -0.15) is 0 Å². The molecule has 0 fully saturated rings. The van der Waals surface area contributed by atoms with Crippen LogP contribution in [0.2, 0.25) is 0 Å². The lowest BCUT2D eigenvalue weighted by atomic mass is 10.00. The van der Waals surface area contributed by atoms with Gasteiger partial charge in [0.05, 0.1) is 0 Å². The number of carbonyl (C=O) groups excluding carboxylic acids is 1. The van der Waals surface area contributed by atoms with E-state index in [2.05, 4.69) is 4.98 Å². The molecule has 0 saturated carbocycles. The number of Topliss-reactive ketones (excluding diaryl/α,β-unsaturated/α-hetero) is 1. The Morgan fingerprint density at radius 3 is 2.56 bits per heavy atom. The van der Waals surface area contributed by atoms with Crippen LogP contribution in [-0.4, -0.2) is 10.8 Å². The van der Waals surface area contributed by atoms with E-state index in [1.165, 1.54) is 12.1 Å². The van der Waals surface area contributed by atoms with Crippen LogP contribution in [0.1, 0.15) is 16.7 Å². The van der Waals surface area contributed by atoms with E-state index >= 15 is 0 Å². The summed E-state index contributed by atoms with van der Waals surface area (Å²) in [5.74, 6) is -0.145. The molecule has 92 valence electrons. The summed E-state index contributed by atoms with van der Waals surface area (Å²) in [6.45, 7) is 1.82. The van der Waals surface area contributed by atoms with Crippen molar-refractivity contribution in [3.63, 3.8) is 0 Å². The molecule has 0 aliphatic heterocycles. The lowest BCUT2D eigenvalue weighted by Crippen LogP contribution is -2.07. The van der Waals surface area contributed by atoms with Crippen LogP contribution < -0.4 is 0 Å². The van der Waals surface area contributed by atoms with Crippen molar-refractivity contribution in [3.8, 4) is 0 Å². The quantitative estimate of drug-likeness (QED) is 0.826. The third-order valence-corrected chi connectivity index (χ3v) is 2.84. The number of halogens is 1. The number of hydrogen-bond donors (Lipinski definition) is 0. The number of aryl methyl sites for hydroxylation is 1. The van der Waals surface area contributed by atoms with Crippen LogP contribution in [0.25, 0.3) is 0 Å². The largest absolute Gasteiger partial charge is 0.299 e. The zero-order valence-corrected chi connectivity index (χ0v) is 10.2. The van der Waals surface area contributed by atoms with Crippen LogP contribution in [0.15, 0.2) is 42.7 Å². The Morgan fingerprint density at radius 1 is 1.17 bits per heavy atom. The Kier molecular flexibility index (Phi) is 3.82. The first-order chi connectivity index (χ1) is 8.65. The summed E-state index contributed by atoms with van der Waals surface area (Å²) in [5, 5.41) is 0. The van der Waals surface area contributed by atoms with E-state index in [-0.39, 0.29) is 11.6 Å². The first-order valence-electron chi connectivity index (χ1n) is 5.81. The van der Waals surface area contributed by atoms with Crippen LogP contribution in [0.3, 0.4) is 0 Å². The van der Waals surface area contributed by atoms with Gasteiger partial charge in [-0.3, -0.25) is 9.78 Å². The lowest BCUT2D eigenvalue weighted by Gasteiger charge is -2.05. The van der Waals surface area contributed by atoms with Gasteiger partial charge in [0.2, 0.25) is 0 Å². The predicted molar refractivity (Wildman–Crippen MR) is 67.8 cm³/mol. The van der Waals surface area contributed by atoms with Crippen molar-refractivity contribution in [1.29, 1.82) is 0 Å². The Labute approximate surface area is 105 Å². The molecular formula is C15H14FNO. The summed E-state index contributed by atoms with van der Waals surface area (Å²) in [4.78, 5) is 15.8. The van der Waals surface area contributed by atoms with Gasteiger partial charge in [0, 0.05) is 25.2 Å². The van der Waals surface area contributed by atoms with Gasteiger partial charge in [0.1, 0.15) is 11.6 Å². The van der Waals surface area contributed by atoms with Crippen molar-refractivity contribution in [2.45, 2.75) is 19.8 Å². The molecule has 0 N–H and O–H groups in total. The van der Waals surface area contributed by atoms with Crippen LogP contribution in [0.4, 0.5) is 4.39 Å². The lowest BCUT2D eigenvalue weighted by molar-refractivity contribution is -0.117. The maximum atomic E-state index is 12.9. The SMILES string of the molecule is Cc1cc(F)ccc1CC(=O)Cc1ccncc1. The van der Waals surface area contributed by atoms with Crippen molar-refractivity contribution >= 4 is 5.78 Å². The summed E-state index contributed by atoms with van der Waals surface area (Å²) >= 11 is 0. The maximum Gasteiger partial charge on any atom is 0.141 e. The molecule has 1 heterocycles. The van der Waals surface area contributed by atoms with E-state index in [1.807, 2.05) is 19.1 Å². The minimum atomic E-state index is -0.266. The minimum absolute atomic E-state index is 0.121. The van der Waals surface area contributed by atoms with Crippen LogP contribution in [-0.2, 0) is 17.6 Å². The number of ketones is 1. The molecule has 0 spiro atoms. The number of rotatable bonds is 4. The molecule has 0 aliphatic carbocycles. The van der Waals surface area contributed by atoms with Gasteiger partial charge < -0.3 is 0 Å². The van der Waals surface area contributed by atoms with E-state index in [4.69, 9.17) is 0 Å². The summed E-state index contributed by atoms with van der Waals surface area (Å²) in [6.07, 6.45) is 4.07. The number of nitrogens with zero attached hydrogens (tertiary/aromatic N) is 1. The molecule has 0 amide bonds. The maximum absolute atomic E-state index is 12.9. The van der Waals surface area contributed by atoms with Gasteiger partial charge in [0.25, 0.3) is 0 Å². The van der Waals surface area contributed by atoms with Crippen LogP contribution in [0.5, 0.6) is 0 Å². The first-order valence-corrected chi connectivity index (χ1v) is 5.81. The Hall–Kier alpha value is -2.03. The molecule has 0 bridgehead atoms. The fourth-order valence-corrected chi connectivity index (χ4v) is 1.86. The molecule has 2 rings (SSSR count). The van der Waals surface area contributed by atoms with Crippen molar-refractivity contribution in [3.05, 3.63) is 65.2 Å². The molecule has 0 unspecified atom stereocenters. The van der Waals surface area contributed by atoms with E-state index in [0.29, 0.717) is 12.8 Å². The molecule has 1 aromatic heterocycles. The second kappa shape index (κ2) is 5.54. The number of carbonyl (C=O) groups is 1. The molecule has 0 saturated heterocycles. The van der Waals surface area contributed by atoms with Gasteiger partial charge in [-0.1, -0.05) is 6.07 Å². The number of aromatic nitrogens is 1.